The molecule has 4 aliphatic heterocycles. The third-order valence-corrected chi connectivity index (χ3v) is 7.29. The van der Waals surface area contributed by atoms with Crippen LogP contribution >= 0.6 is 11.3 Å². The molecule has 126 valence electrons. The molecule has 0 amide bonds. The van der Waals surface area contributed by atoms with Crippen LogP contribution < -0.4 is 4.74 Å². The zero-order chi connectivity index (χ0) is 16.4. The van der Waals surface area contributed by atoms with Crippen LogP contribution in [0.3, 0.4) is 0 Å². The number of ether oxygens (including phenoxy) is 1. The Morgan fingerprint density at radius 1 is 1.20 bits per heavy atom. The monoisotopic (exact) mass is 348 g/mol. The van der Waals surface area contributed by atoms with Crippen molar-refractivity contribution in [3.8, 4) is 17.0 Å². The molecule has 3 saturated heterocycles. The van der Waals surface area contributed by atoms with E-state index in [2.05, 4.69) is 40.6 Å². The molecule has 2 aromatic heterocycles. The summed E-state index contributed by atoms with van der Waals surface area (Å²) in [5.74, 6) is 1.56. The second-order valence-corrected chi connectivity index (χ2v) is 8.64. The van der Waals surface area contributed by atoms with Crippen molar-refractivity contribution in [2.75, 3.05) is 19.6 Å². The van der Waals surface area contributed by atoms with Crippen LogP contribution in [0.5, 0.6) is 5.88 Å². The van der Waals surface area contributed by atoms with Gasteiger partial charge in [0.05, 0.1) is 0 Å². The van der Waals surface area contributed by atoms with Gasteiger partial charge >= 0.3 is 0 Å². The summed E-state index contributed by atoms with van der Waals surface area (Å²) in [6, 6.07) is 10.9. The average molecular weight is 348 g/mol. The summed E-state index contributed by atoms with van der Waals surface area (Å²) in [5.41, 5.74) is 3.80. The van der Waals surface area contributed by atoms with Crippen LogP contribution in [0.15, 0.2) is 41.9 Å². The van der Waals surface area contributed by atoms with Crippen molar-refractivity contribution in [3.63, 3.8) is 0 Å². The molecular formula is C21H20N2OS. The van der Waals surface area contributed by atoms with E-state index in [0.717, 1.165) is 18.8 Å². The van der Waals surface area contributed by atoms with Crippen LogP contribution in [0.1, 0.15) is 18.4 Å². The predicted octanol–water partition coefficient (Wildman–Crippen LogP) is 4.36. The first-order chi connectivity index (χ1) is 12.3. The minimum Gasteiger partial charge on any atom is -0.469 e. The first kappa shape index (κ1) is 14.3. The number of fused-ring (bicyclic) bond motifs is 4. The fourth-order valence-electron chi connectivity index (χ4n) is 5.06. The van der Waals surface area contributed by atoms with Crippen molar-refractivity contribution in [2.24, 2.45) is 5.92 Å². The number of aromatic nitrogens is 1. The highest BCUT2D eigenvalue weighted by molar-refractivity contribution is 7.17. The number of thiophene rings is 1. The van der Waals surface area contributed by atoms with Crippen molar-refractivity contribution in [1.29, 1.82) is 0 Å². The largest absolute Gasteiger partial charge is 0.469 e. The minimum atomic E-state index is -0.0127. The van der Waals surface area contributed by atoms with E-state index in [1.165, 1.54) is 52.7 Å². The van der Waals surface area contributed by atoms with Crippen LogP contribution in [-0.2, 0) is 6.42 Å². The SMILES string of the molecule is c1ccc2c(-c3cnc4c(c3)C[C@@]3(CN5CCC3CC5)O4)csc2c1. The van der Waals surface area contributed by atoms with Crippen LogP contribution in [0, 0.1) is 5.92 Å². The number of piperidine rings is 3. The van der Waals surface area contributed by atoms with Gasteiger partial charge in [-0.15, -0.1) is 11.3 Å². The standard InChI is InChI=1S/C21H20N2OS/c1-2-4-19-17(3-1)18(12-25-19)15-9-14-10-21(24-20(14)22-11-15)13-23-7-5-16(21)6-8-23/h1-4,9,11-12,16H,5-8,10,13H2/t21-/m0/s1. The van der Waals surface area contributed by atoms with Gasteiger partial charge in [0, 0.05) is 51.9 Å². The lowest BCUT2D eigenvalue weighted by Gasteiger charge is -2.50. The van der Waals surface area contributed by atoms with E-state index in [1.54, 1.807) is 0 Å². The summed E-state index contributed by atoms with van der Waals surface area (Å²) in [6.45, 7) is 3.56. The molecule has 0 saturated carbocycles. The molecule has 3 nitrogen and oxygen atoms in total. The predicted molar refractivity (Wildman–Crippen MR) is 101 cm³/mol. The van der Waals surface area contributed by atoms with E-state index < -0.39 is 0 Å². The third kappa shape index (κ3) is 2.04. The molecule has 3 aromatic rings. The maximum Gasteiger partial charge on any atom is 0.217 e. The Morgan fingerprint density at radius 3 is 2.92 bits per heavy atom. The van der Waals surface area contributed by atoms with E-state index in [-0.39, 0.29) is 5.60 Å². The zero-order valence-electron chi connectivity index (χ0n) is 14.1. The maximum absolute atomic E-state index is 6.48. The molecule has 1 aromatic carbocycles. The Kier molecular flexibility index (Phi) is 2.89. The summed E-state index contributed by atoms with van der Waals surface area (Å²) in [6.07, 6.45) is 5.56. The number of rotatable bonds is 1. The van der Waals surface area contributed by atoms with Gasteiger partial charge in [0.15, 0.2) is 0 Å². The van der Waals surface area contributed by atoms with Crippen LogP contribution in [-0.4, -0.2) is 35.1 Å². The molecule has 4 heteroatoms. The Bertz CT molecular complexity index is 973. The number of benzene rings is 1. The summed E-state index contributed by atoms with van der Waals surface area (Å²) >= 11 is 1.81. The number of nitrogens with zero attached hydrogens (tertiary/aromatic N) is 2. The molecule has 0 unspecified atom stereocenters. The molecule has 0 aliphatic carbocycles. The van der Waals surface area contributed by atoms with Crippen LogP contribution in [0.2, 0.25) is 0 Å². The minimum absolute atomic E-state index is 0.0127. The molecule has 1 atom stereocenters. The third-order valence-electron chi connectivity index (χ3n) is 6.33. The summed E-state index contributed by atoms with van der Waals surface area (Å²) < 4.78 is 7.82. The lowest BCUT2D eigenvalue weighted by molar-refractivity contribution is -0.0814. The van der Waals surface area contributed by atoms with E-state index in [4.69, 9.17) is 9.72 Å². The fraction of sp³-hybridized carbons (Fsp3) is 0.381. The molecule has 4 aliphatic rings. The number of pyridine rings is 1. The van der Waals surface area contributed by atoms with E-state index in [1.807, 2.05) is 17.5 Å². The highest BCUT2D eigenvalue weighted by atomic mass is 32.1. The molecule has 2 bridgehead atoms. The van der Waals surface area contributed by atoms with Crippen molar-refractivity contribution < 1.29 is 4.74 Å². The molecule has 0 radical (unpaired) electrons. The van der Waals surface area contributed by atoms with Crippen LogP contribution in [0.4, 0.5) is 0 Å². The Hall–Kier alpha value is -1.91. The maximum atomic E-state index is 6.48. The Labute approximate surface area is 151 Å². The van der Waals surface area contributed by atoms with E-state index in [9.17, 15) is 0 Å². The first-order valence-electron chi connectivity index (χ1n) is 9.18. The average Bonchev–Trinajstić information content (AvgIpc) is 3.23. The molecule has 3 fully saturated rings. The van der Waals surface area contributed by atoms with Gasteiger partial charge in [-0.05, 0) is 43.4 Å². The summed E-state index contributed by atoms with van der Waals surface area (Å²) in [4.78, 5) is 7.29. The quantitative estimate of drug-likeness (QED) is 0.653. The van der Waals surface area contributed by atoms with Gasteiger partial charge in [0.2, 0.25) is 5.88 Å². The highest BCUT2D eigenvalue weighted by Gasteiger charge is 2.52. The Morgan fingerprint density at radius 2 is 2.08 bits per heavy atom. The lowest BCUT2D eigenvalue weighted by atomic mass is 9.73. The second-order valence-electron chi connectivity index (χ2n) is 7.73. The number of hydrogen-bond donors (Lipinski definition) is 0. The van der Waals surface area contributed by atoms with Gasteiger partial charge in [-0.2, -0.15) is 0 Å². The zero-order valence-corrected chi connectivity index (χ0v) is 14.9. The van der Waals surface area contributed by atoms with Crippen molar-refractivity contribution in [1.82, 2.24) is 9.88 Å². The molecule has 1 spiro atoms. The topological polar surface area (TPSA) is 25.4 Å². The van der Waals surface area contributed by atoms with Crippen molar-refractivity contribution >= 4 is 21.4 Å². The highest BCUT2D eigenvalue weighted by Crippen LogP contribution is 2.47. The van der Waals surface area contributed by atoms with Crippen LogP contribution in [0.25, 0.3) is 21.2 Å². The summed E-state index contributed by atoms with van der Waals surface area (Å²) in [7, 11) is 0. The first-order valence-corrected chi connectivity index (χ1v) is 10.1. The normalized spacial score (nSPS) is 29.9. The van der Waals surface area contributed by atoms with E-state index in [0.29, 0.717) is 5.92 Å². The molecule has 25 heavy (non-hydrogen) atoms. The molecular weight excluding hydrogens is 328 g/mol. The van der Waals surface area contributed by atoms with Gasteiger partial charge in [0.1, 0.15) is 5.60 Å². The van der Waals surface area contributed by atoms with Gasteiger partial charge < -0.3 is 4.74 Å². The van der Waals surface area contributed by atoms with E-state index >= 15 is 0 Å². The van der Waals surface area contributed by atoms with Gasteiger partial charge in [0.25, 0.3) is 0 Å². The molecule has 6 heterocycles. The second kappa shape index (κ2) is 5.05. The van der Waals surface area contributed by atoms with Crippen molar-refractivity contribution in [2.45, 2.75) is 24.9 Å². The van der Waals surface area contributed by atoms with Gasteiger partial charge in [-0.25, -0.2) is 4.98 Å². The smallest absolute Gasteiger partial charge is 0.217 e. The molecule has 0 N–H and O–H groups in total. The number of hydrogen-bond acceptors (Lipinski definition) is 4. The fourth-order valence-corrected chi connectivity index (χ4v) is 6.03. The Balaban J connectivity index is 1.40. The van der Waals surface area contributed by atoms with Gasteiger partial charge in [-0.1, -0.05) is 18.2 Å². The lowest BCUT2D eigenvalue weighted by Crippen LogP contribution is -2.61. The molecule has 7 rings (SSSR count). The van der Waals surface area contributed by atoms with Gasteiger partial charge in [-0.3, -0.25) is 4.90 Å². The van der Waals surface area contributed by atoms with Crippen molar-refractivity contribution in [3.05, 3.63) is 47.5 Å². The summed E-state index contributed by atoms with van der Waals surface area (Å²) in [5, 5.41) is 3.58.